The van der Waals surface area contributed by atoms with Crippen molar-refractivity contribution in [3.8, 4) is 0 Å². The topological polar surface area (TPSA) is 74.6 Å². The van der Waals surface area contributed by atoms with Crippen molar-refractivity contribution in [1.82, 2.24) is 0 Å². The van der Waals surface area contributed by atoms with Crippen LogP contribution < -0.4 is 0 Å². The minimum atomic E-state index is -0.810. The third kappa shape index (κ3) is 10.7. The lowest BCUT2D eigenvalue weighted by Crippen LogP contribution is -1.93. The maximum Gasteiger partial charge on any atom is 0.303 e. The molecule has 4 nitrogen and oxygen atoms in total. The molecule has 0 atom stereocenters. The van der Waals surface area contributed by atoms with Gasteiger partial charge in [0.15, 0.2) is 0 Å². The van der Waals surface area contributed by atoms with E-state index in [2.05, 4.69) is 0 Å². The van der Waals surface area contributed by atoms with Crippen molar-refractivity contribution in [1.29, 1.82) is 0 Å². The lowest BCUT2D eigenvalue weighted by atomic mass is 10.2. The van der Waals surface area contributed by atoms with E-state index < -0.39 is 11.9 Å². The molecule has 0 saturated heterocycles. The summed E-state index contributed by atoms with van der Waals surface area (Å²) in [6.07, 6.45) is 5.73. The van der Waals surface area contributed by atoms with Gasteiger partial charge in [-0.15, -0.1) is 0 Å². The highest BCUT2D eigenvalue weighted by Gasteiger charge is 1.94. The van der Waals surface area contributed by atoms with Crippen LogP contribution in [0.15, 0.2) is 12.2 Å². The summed E-state index contributed by atoms with van der Waals surface area (Å²) in [5.74, 6) is -1.60. The average molecular weight is 186 g/mol. The van der Waals surface area contributed by atoms with Crippen LogP contribution in [0.3, 0.4) is 0 Å². The van der Waals surface area contributed by atoms with Gasteiger partial charge in [0.2, 0.25) is 0 Å². The number of unbranched alkanes of at least 4 members (excludes halogenated alkanes) is 1. The Morgan fingerprint density at radius 1 is 0.923 bits per heavy atom. The molecule has 0 aromatic carbocycles. The Kier molecular flexibility index (Phi) is 6.59. The van der Waals surface area contributed by atoms with Crippen LogP contribution in [0.2, 0.25) is 0 Å². The van der Waals surface area contributed by atoms with Crippen molar-refractivity contribution in [3.63, 3.8) is 0 Å². The normalized spacial score (nSPS) is 10.5. The predicted molar refractivity (Wildman–Crippen MR) is 47.5 cm³/mol. The van der Waals surface area contributed by atoms with Crippen LogP contribution in [0.4, 0.5) is 0 Å². The molecule has 0 fully saturated rings. The molecule has 0 aromatic rings. The highest BCUT2D eigenvalue weighted by atomic mass is 16.4. The quantitative estimate of drug-likeness (QED) is 0.468. The van der Waals surface area contributed by atoms with Gasteiger partial charge in [0.1, 0.15) is 0 Å². The van der Waals surface area contributed by atoms with E-state index in [1.807, 2.05) is 6.08 Å². The molecular weight excluding hydrogens is 172 g/mol. The Labute approximate surface area is 76.9 Å². The molecule has 0 heterocycles. The smallest absolute Gasteiger partial charge is 0.303 e. The molecule has 0 aliphatic carbocycles. The second-order valence-corrected chi connectivity index (χ2v) is 2.69. The molecule has 0 rings (SSSR count). The summed E-state index contributed by atoms with van der Waals surface area (Å²) < 4.78 is 0. The van der Waals surface area contributed by atoms with E-state index in [0.717, 1.165) is 0 Å². The zero-order valence-electron chi connectivity index (χ0n) is 7.40. The number of carbonyl (C=O) groups is 2. The largest absolute Gasteiger partial charge is 0.481 e. The van der Waals surface area contributed by atoms with Gasteiger partial charge >= 0.3 is 11.9 Å². The first kappa shape index (κ1) is 11.7. The minimum absolute atomic E-state index is 0.134. The molecule has 74 valence electrons. The van der Waals surface area contributed by atoms with Crippen molar-refractivity contribution in [2.75, 3.05) is 0 Å². The standard InChI is InChI=1S/C9H14O4/c10-8(11)6-4-2-1-3-5-7-9(12)13/h1-2H,3-7H2,(H,10,11)(H,12,13). The molecule has 4 heteroatoms. The SMILES string of the molecule is O=C(O)CCC=CCCCC(=O)O. The zero-order valence-corrected chi connectivity index (χ0v) is 7.40. The summed E-state index contributed by atoms with van der Waals surface area (Å²) in [7, 11) is 0. The van der Waals surface area contributed by atoms with Gasteiger partial charge < -0.3 is 10.2 Å². The lowest BCUT2D eigenvalue weighted by Gasteiger charge is -1.90. The molecule has 0 unspecified atom stereocenters. The molecule has 0 aliphatic rings. The van der Waals surface area contributed by atoms with Gasteiger partial charge in [0, 0.05) is 12.8 Å². The lowest BCUT2D eigenvalue weighted by molar-refractivity contribution is -0.138. The van der Waals surface area contributed by atoms with Crippen LogP contribution in [-0.4, -0.2) is 22.2 Å². The van der Waals surface area contributed by atoms with E-state index in [-0.39, 0.29) is 12.8 Å². The Morgan fingerprint density at radius 3 is 2.00 bits per heavy atom. The fourth-order valence-electron chi connectivity index (χ4n) is 0.814. The van der Waals surface area contributed by atoms with E-state index in [4.69, 9.17) is 10.2 Å². The number of carboxylic acid groups (broad SMARTS) is 2. The van der Waals surface area contributed by atoms with E-state index in [1.54, 1.807) is 6.08 Å². The van der Waals surface area contributed by atoms with Gasteiger partial charge in [0.25, 0.3) is 0 Å². The van der Waals surface area contributed by atoms with Crippen LogP contribution in [0.5, 0.6) is 0 Å². The monoisotopic (exact) mass is 186 g/mol. The molecule has 0 amide bonds. The number of aliphatic carboxylic acids is 2. The van der Waals surface area contributed by atoms with Crippen molar-refractivity contribution in [2.24, 2.45) is 0 Å². The van der Waals surface area contributed by atoms with Crippen molar-refractivity contribution >= 4 is 11.9 Å². The summed E-state index contributed by atoms with van der Waals surface area (Å²) >= 11 is 0. The first-order chi connectivity index (χ1) is 6.13. The molecule has 0 radical (unpaired) electrons. The summed E-state index contributed by atoms with van der Waals surface area (Å²) in [6.45, 7) is 0. The average Bonchev–Trinajstić information content (AvgIpc) is 2.01. The van der Waals surface area contributed by atoms with Crippen LogP contribution in [0, 0.1) is 0 Å². The Hall–Kier alpha value is -1.32. The number of rotatable bonds is 7. The fourth-order valence-corrected chi connectivity index (χ4v) is 0.814. The van der Waals surface area contributed by atoms with Crippen LogP contribution in [0.25, 0.3) is 0 Å². The molecule has 0 bridgehead atoms. The van der Waals surface area contributed by atoms with Gasteiger partial charge in [-0.25, -0.2) is 0 Å². The van der Waals surface area contributed by atoms with Crippen LogP contribution >= 0.6 is 0 Å². The summed E-state index contributed by atoms with van der Waals surface area (Å²) in [6, 6.07) is 0. The second kappa shape index (κ2) is 7.34. The van der Waals surface area contributed by atoms with Gasteiger partial charge in [-0.3, -0.25) is 9.59 Å². The van der Waals surface area contributed by atoms with E-state index in [9.17, 15) is 9.59 Å². The van der Waals surface area contributed by atoms with Crippen molar-refractivity contribution in [2.45, 2.75) is 32.1 Å². The Morgan fingerprint density at radius 2 is 1.46 bits per heavy atom. The fraction of sp³-hybridized carbons (Fsp3) is 0.556. The Bertz CT molecular complexity index is 196. The number of hydrogen-bond acceptors (Lipinski definition) is 2. The molecule has 0 aromatic heterocycles. The number of allylic oxidation sites excluding steroid dienone is 2. The summed E-state index contributed by atoms with van der Waals surface area (Å²) in [4.78, 5) is 20.1. The van der Waals surface area contributed by atoms with E-state index in [0.29, 0.717) is 19.3 Å². The zero-order chi connectivity index (χ0) is 10.1. The summed E-state index contributed by atoms with van der Waals surface area (Å²) in [5, 5.41) is 16.6. The van der Waals surface area contributed by atoms with Gasteiger partial charge in [0.05, 0.1) is 0 Å². The summed E-state index contributed by atoms with van der Waals surface area (Å²) in [5.41, 5.74) is 0. The molecular formula is C9H14O4. The Balaban J connectivity index is 3.22. The molecule has 13 heavy (non-hydrogen) atoms. The predicted octanol–water partition coefficient (Wildman–Crippen LogP) is 1.66. The minimum Gasteiger partial charge on any atom is -0.481 e. The van der Waals surface area contributed by atoms with E-state index in [1.165, 1.54) is 0 Å². The van der Waals surface area contributed by atoms with Gasteiger partial charge in [-0.1, -0.05) is 12.2 Å². The maximum atomic E-state index is 10.1. The van der Waals surface area contributed by atoms with Crippen LogP contribution in [0.1, 0.15) is 32.1 Å². The molecule has 2 N–H and O–H groups in total. The second-order valence-electron chi connectivity index (χ2n) is 2.69. The van der Waals surface area contributed by atoms with Crippen molar-refractivity contribution < 1.29 is 19.8 Å². The first-order valence-corrected chi connectivity index (χ1v) is 4.21. The molecule has 0 aliphatic heterocycles. The highest BCUT2D eigenvalue weighted by Crippen LogP contribution is 1.98. The number of carboxylic acids is 2. The van der Waals surface area contributed by atoms with Crippen LogP contribution in [-0.2, 0) is 9.59 Å². The van der Waals surface area contributed by atoms with E-state index >= 15 is 0 Å². The third-order valence-corrected chi connectivity index (χ3v) is 1.45. The maximum absolute atomic E-state index is 10.1. The highest BCUT2D eigenvalue weighted by molar-refractivity contribution is 5.67. The molecule has 0 spiro atoms. The molecule has 0 saturated carbocycles. The van der Waals surface area contributed by atoms with Gasteiger partial charge in [-0.05, 0) is 19.3 Å². The third-order valence-electron chi connectivity index (χ3n) is 1.45. The first-order valence-electron chi connectivity index (χ1n) is 4.21. The van der Waals surface area contributed by atoms with Gasteiger partial charge in [-0.2, -0.15) is 0 Å². The van der Waals surface area contributed by atoms with Crippen molar-refractivity contribution in [3.05, 3.63) is 12.2 Å². The number of hydrogen-bond donors (Lipinski definition) is 2.